The van der Waals surface area contributed by atoms with Gasteiger partial charge in [0, 0.05) is 5.41 Å². The second-order valence-electron chi connectivity index (χ2n) is 9.09. The van der Waals surface area contributed by atoms with E-state index in [-0.39, 0.29) is 40.1 Å². The first-order valence-corrected chi connectivity index (χ1v) is 9.63. The Bertz CT molecular complexity index is 518. The zero-order valence-corrected chi connectivity index (χ0v) is 15.5. The van der Waals surface area contributed by atoms with Gasteiger partial charge in [-0.25, -0.2) is 0 Å². The highest BCUT2D eigenvalue weighted by Gasteiger charge is 2.60. The van der Waals surface area contributed by atoms with Crippen LogP contribution in [0.25, 0.3) is 0 Å². The zero-order valence-electron chi connectivity index (χ0n) is 15.5. The van der Waals surface area contributed by atoms with Crippen molar-refractivity contribution in [2.45, 2.75) is 83.5 Å². The van der Waals surface area contributed by atoms with Gasteiger partial charge in [-0.1, -0.05) is 18.6 Å². The van der Waals surface area contributed by atoms with Gasteiger partial charge in [-0.05, 0) is 81.5 Å². The Hall–Kier alpha value is -0.460. The van der Waals surface area contributed by atoms with Gasteiger partial charge in [-0.3, -0.25) is 0 Å². The van der Waals surface area contributed by atoms with Crippen LogP contribution in [0.3, 0.4) is 0 Å². The fourth-order valence-electron chi connectivity index (χ4n) is 7.10. The number of allylic oxidation sites excluding steroid dienone is 1. The van der Waals surface area contributed by atoms with E-state index in [4.69, 9.17) is 0 Å². The summed E-state index contributed by atoms with van der Waals surface area (Å²) in [5.74, 6) is 1.72. The van der Waals surface area contributed by atoms with E-state index < -0.39 is 0 Å². The lowest BCUT2D eigenvalue weighted by molar-refractivity contribution is -0.109. The summed E-state index contributed by atoms with van der Waals surface area (Å²) < 4.78 is 0. The molecule has 0 amide bonds. The van der Waals surface area contributed by atoms with E-state index in [9.17, 15) is 15.3 Å². The van der Waals surface area contributed by atoms with Crippen LogP contribution >= 0.6 is 0 Å². The molecule has 3 fully saturated rings. The molecule has 0 aliphatic heterocycles. The largest absolute Gasteiger partial charge is 0.412 e. The molecule has 3 saturated carbocycles. The molecule has 0 radical (unpaired) electrons. The van der Waals surface area contributed by atoms with Gasteiger partial charge in [0.15, 0.2) is 0 Å². The predicted octanol–water partition coefficient (Wildman–Crippen LogP) is 1.38. The van der Waals surface area contributed by atoms with Crippen molar-refractivity contribution in [2.75, 3.05) is 0 Å². The van der Waals surface area contributed by atoms with E-state index >= 15 is 0 Å². The number of rotatable bonds is 1. The number of aliphatic hydroxyl groups is 3. The van der Waals surface area contributed by atoms with Crippen molar-refractivity contribution in [3.63, 3.8) is 0 Å². The maximum Gasteiger partial charge on any atom is 0.0608 e. The van der Waals surface area contributed by atoms with Gasteiger partial charge in [0.1, 0.15) is 0 Å². The maximum atomic E-state index is 10.8. The van der Waals surface area contributed by atoms with E-state index in [1.54, 1.807) is 0 Å². The minimum Gasteiger partial charge on any atom is -0.412 e. The molecule has 7 N–H and O–H groups in total. The van der Waals surface area contributed by atoms with Gasteiger partial charge in [0.2, 0.25) is 0 Å². The molecule has 0 bridgehead atoms. The molecular formula is C20H36O5. The molecule has 5 nitrogen and oxygen atoms in total. The van der Waals surface area contributed by atoms with Crippen molar-refractivity contribution in [3.8, 4) is 0 Å². The number of fused-ring (bicyclic) bond motifs is 5. The van der Waals surface area contributed by atoms with Crippen molar-refractivity contribution in [2.24, 2.45) is 28.6 Å². The first-order valence-electron chi connectivity index (χ1n) is 9.63. The summed E-state index contributed by atoms with van der Waals surface area (Å²) in [6, 6.07) is 0. The molecule has 4 aliphatic carbocycles. The smallest absolute Gasteiger partial charge is 0.0608 e. The quantitative estimate of drug-likeness (QED) is 0.615. The van der Waals surface area contributed by atoms with Gasteiger partial charge in [-0.15, -0.1) is 0 Å². The molecule has 25 heavy (non-hydrogen) atoms. The lowest BCUT2D eigenvalue weighted by Gasteiger charge is -2.59. The van der Waals surface area contributed by atoms with Crippen molar-refractivity contribution < 1.29 is 26.3 Å². The van der Waals surface area contributed by atoms with Crippen molar-refractivity contribution in [1.29, 1.82) is 0 Å². The number of hydrogen-bond acceptors (Lipinski definition) is 3. The molecule has 0 aromatic rings. The van der Waals surface area contributed by atoms with Crippen LogP contribution in [-0.4, -0.2) is 44.6 Å². The summed E-state index contributed by atoms with van der Waals surface area (Å²) in [5.41, 5.74) is 1.30. The van der Waals surface area contributed by atoms with E-state index in [1.807, 2.05) is 6.92 Å². The molecule has 5 heteroatoms. The molecule has 0 aromatic carbocycles. The summed E-state index contributed by atoms with van der Waals surface area (Å²) in [6.07, 6.45) is 9.49. The van der Waals surface area contributed by atoms with Gasteiger partial charge in [0.25, 0.3) is 0 Å². The summed E-state index contributed by atoms with van der Waals surface area (Å²) >= 11 is 0. The Labute approximate surface area is 150 Å². The Morgan fingerprint density at radius 2 is 1.76 bits per heavy atom. The lowest BCUT2D eigenvalue weighted by Crippen LogP contribution is -2.55. The van der Waals surface area contributed by atoms with Crippen LogP contribution in [0.1, 0.15) is 65.2 Å². The Balaban J connectivity index is 0.00000113. The maximum absolute atomic E-state index is 10.8. The molecule has 146 valence electrons. The first-order chi connectivity index (χ1) is 10.9. The van der Waals surface area contributed by atoms with Crippen LogP contribution in [0, 0.1) is 28.6 Å². The van der Waals surface area contributed by atoms with Crippen LogP contribution < -0.4 is 0 Å². The fraction of sp³-hybridized carbons (Fsp3) is 0.900. The van der Waals surface area contributed by atoms with Gasteiger partial charge in [0.05, 0.1) is 18.3 Å². The minimum absolute atomic E-state index is 0. The van der Waals surface area contributed by atoms with Crippen LogP contribution in [0.4, 0.5) is 0 Å². The Kier molecular flexibility index (Phi) is 5.78. The van der Waals surface area contributed by atoms with Crippen LogP contribution in [0.5, 0.6) is 0 Å². The summed E-state index contributed by atoms with van der Waals surface area (Å²) in [4.78, 5) is 0. The minimum atomic E-state index is -0.343. The van der Waals surface area contributed by atoms with E-state index in [1.165, 1.54) is 5.57 Å². The zero-order chi connectivity index (χ0) is 16.4. The van der Waals surface area contributed by atoms with E-state index in [0.29, 0.717) is 17.8 Å². The van der Waals surface area contributed by atoms with E-state index in [2.05, 4.69) is 13.0 Å². The number of hydrogen-bond donors (Lipinski definition) is 3. The summed E-state index contributed by atoms with van der Waals surface area (Å²) in [7, 11) is 0. The van der Waals surface area contributed by atoms with Crippen molar-refractivity contribution in [3.05, 3.63) is 11.6 Å². The Morgan fingerprint density at radius 1 is 1.04 bits per heavy atom. The van der Waals surface area contributed by atoms with Gasteiger partial charge < -0.3 is 26.3 Å². The third-order valence-electron chi connectivity index (χ3n) is 8.38. The highest BCUT2D eigenvalue weighted by molar-refractivity contribution is 5.28. The van der Waals surface area contributed by atoms with Crippen molar-refractivity contribution in [1.82, 2.24) is 0 Å². The highest BCUT2D eigenvalue weighted by Crippen LogP contribution is 2.65. The monoisotopic (exact) mass is 356 g/mol. The second-order valence-corrected chi connectivity index (χ2v) is 9.09. The average Bonchev–Trinajstić information content (AvgIpc) is 2.82. The molecule has 0 heterocycles. The summed E-state index contributed by atoms with van der Waals surface area (Å²) in [6.45, 7) is 4.26. The molecule has 4 aliphatic rings. The SMILES string of the molecule is C[C@H](O)[C@]12CC[C@H](O)CC1=CC[C@H]1[C@@H]3CC[C@H](O)[C@@]3(C)CC[C@@H]12.O.O. The molecule has 0 spiro atoms. The van der Waals surface area contributed by atoms with Gasteiger partial charge >= 0.3 is 0 Å². The summed E-state index contributed by atoms with van der Waals surface area (Å²) in [5, 5.41) is 31.4. The highest BCUT2D eigenvalue weighted by atomic mass is 16.3. The Morgan fingerprint density at radius 3 is 2.44 bits per heavy atom. The van der Waals surface area contributed by atoms with Crippen LogP contribution in [0.15, 0.2) is 11.6 Å². The normalized spacial score (nSPS) is 49.5. The van der Waals surface area contributed by atoms with Gasteiger partial charge in [-0.2, -0.15) is 0 Å². The molecule has 8 atom stereocenters. The molecule has 0 aromatic heterocycles. The number of aliphatic hydroxyl groups excluding tert-OH is 3. The third kappa shape index (κ3) is 2.71. The van der Waals surface area contributed by atoms with Crippen molar-refractivity contribution >= 4 is 0 Å². The second kappa shape index (κ2) is 6.93. The molecular weight excluding hydrogens is 320 g/mol. The standard InChI is InChI=1S/C20H32O3.2H2O/c1-12(21)20-10-7-14(22)11-13(20)3-4-15-16-5-6-18(23)19(16,2)9-8-17(15)20;;/h3,12,14-18,21-23H,4-11H2,1-2H3;2*1H2/t12-,14-,15-,16-,17-,18-,19-,20+;;/m0../s1. The molecule has 0 unspecified atom stereocenters. The third-order valence-corrected chi connectivity index (χ3v) is 8.38. The molecule has 4 rings (SSSR count). The lowest BCUT2D eigenvalue weighted by atomic mass is 9.46. The topological polar surface area (TPSA) is 124 Å². The average molecular weight is 357 g/mol. The fourth-order valence-corrected chi connectivity index (χ4v) is 7.10. The molecule has 0 saturated heterocycles. The van der Waals surface area contributed by atoms with E-state index in [0.717, 1.165) is 51.4 Å². The van der Waals surface area contributed by atoms with Crippen LogP contribution in [-0.2, 0) is 0 Å². The van der Waals surface area contributed by atoms with Crippen LogP contribution in [0.2, 0.25) is 0 Å². The first kappa shape index (κ1) is 20.8. The predicted molar refractivity (Wildman–Crippen MR) is 97.0 cm³/mol.